The van der Waals surface area contributed by atoms with Crippen LogP contribution < -0.4 is 14.8 Å². The summed E-state index contributed by atoms with van der Waals surface area (Å²) >= 11 is 6.00. The minimum absolute atomic E-state index is 0.129. The number of fused-ring (bicyclic) bond motifs is 1. The van der Waals surface area contributed by atoms with Gasteiger partial charge in [0.05, 0.1) is 12.8 Å². The van der Waals surface area contributed by atoms with Crippen molar-refractivity contribution in [2.45, 2.75) is 6.61 Å². The molecule has 0 saturated heterocycles. The molecule has 3 aromatic carbocycles. The first-order chi connectivity index (χ1) is 13.6. The molecular weight excluding hydrogens is 374 g/mol. The summed E-state index contributed by atoms with van der Waals surface area (Å²) in [5.74, 6) is 1.43. The first-order valence-electron chi connectivity index (χ1n) is 8.81. The smallest absolute Gasteiger partial charge is 0.256 e. The second-order valence-electron chi connectivity index (χ2n) is 6.41. The number of ether oxygens (including phenoxy) is 2. The molecule has 0 bridgehead atoms. The maximum Gasteiger partial charge on any atom is 0.256 e. The molecule has 1 aliphatic heterocycles. The molecule has 0 radical (unpaired) electrons. The van der Waals surface area contributed by atoms with Crippen LogP contribution in [0.2, 0.25) is 5.02 Å². The summed E-state index contributed by atoms with van der Waals surface area (Å²) in [7, 11) is 1.64. The van der Waals surface area contributed by atoms with Crippen molar-refractivity contribution >= 4 is 34.8 Å². The van der Waals surface area contributed by atoms with Gasteiger partial charge >= 0.3 is 0 Å². The molecule has 0 atom stereocenters. The Bertz CT molecular complexity index is 1060. The first-order valence-corrected chi connectivity index (χ1v) is 9.19. The van der Waals surface area contributed by atoms with E-state index < -0.39 is 0 Å². The highest BCUT2D eigenvalue weighted by molar-refractivity contribution is 6.36. The number of rotatable bonds is 5. The lowest BCUT2D eigenvalue weighted by molar-refractivity contribution is -0.110. The van der Waals surface area contributed by atoms with Crippen molar-refractivity contribution in [3.05, 3.63) is 88.4 Å². The number of hydrogen-bond donors (Lipinski definition) is 1. The Morgan fingerprint density at radius 3 is 2.61 bits per heavy atom. The lowest BCUT2D eigenvalue weighted by Gasteiger charge is -2.08. The van der Waals surface area contributed by atoms with Crippen LogP contribution in [0.15, 0.2) is 66.7 Å². The lowest BCUT2D eigenvalue weighted by Crippen LogP contribution is -2.03. The summed E-state index contributed by atoms with van der Waals surface area (Å²) in [5, 5.41) is 3.44. The number of hydrogen-bond acceptors (Lipinski definition) is 3. The van der Waals surface area contributed by atoms with E-state index in [4.69, 9.17) is 21.1 Å². The van der Waals surface area contributed by atoms with E-state index in [0.717, 1.165) is 33.9 Å². The number of benzene rings is 3. The number of carbonyl (C=O) groups is 1. The molecule has 1 aliphatic rings. The predicted molar refractivity (Wildman–Crippen MR) is 112 cm³/mol. The summed E-state index contributed by atoms with van der Waals surface area (Å²) in [4.78, 5) is 12.3. The highest BCUT2D eigenvalue weighted by Crippen LogP contribution is 2.35. The predicted octanol–water partition coefficient (Wildman–Crippen LogP) is 5.42. The third kappa shape index (κ3) is 3.87. The van der Waals surface area contributed by atoms with Crippen molar-refractivity contribution in [1.82, 2.24) is 0 Å². The molecule has 0 spiro atoms. The quantitative estimate of drug-likeness (QED) is 0.591. The molecule has 0 unspecified atom stereocenters. The van der Waals surface area contributed by atoms with E-state index in [9.17, 15) is 4.79 Å². The molecule has 140 valence electrons. The van der Waals surface area contributed by atoms with Crippen LogP contribution in [0.25, 0.3) is 11.6 Å². The number of methoxy groups -OCH3 is 1. The molecule has 0 aromatic heterocycles. The fourth-order valence-electron chi connectivity index (χ4n) is 3.07. The van der Waals surface area contributed by atoms with E-state index in [0.29, 0.717) is 17.2 Å². The van der Waals surface area contributed by atoms with Gasteiger partial charge in [-0.05, 0) is 53.6 Å². The van der Waals surface area contributed by atoms with Crippen LogP contribution >= 0.6 is 11.6 Å². The zero-order valence-electron chi connectivity index (χ0n) is 15.2. The molecule has 4 rings (SSSR count). The molecule has 0 fully saturated rings. The van der Waals surface area contributed by atoms with Crippen LogP contribution in [-0.4, -0.2) is 13.0 Å². The molecule has 1 heterocycles. The minimum Gasteiger partial charge on any atom is -0.497 e. The van der Waals surface area contributed by atoms with Gasteiger partial charge in [-0.25, -0.2) is 0 Å². The minimum atomic E-state index is -0.129. The lowest BCUT2D eigenvalue weighted by atomic mass is 10.0. The molecule has 1 amide bonds. The molecule has 4 nitrogen and oxygen atoms in total. The summed E-state index contributed by atoms with van der Waals surface area (Å²) < 4.78 is 11.1. The number of nitrogens with one attached hydrogen (secondary N) is 1. The molecule has 0 aliphatic carbocycles. The Hall–Kier alpha value is -3.24. The van der Waals surface area contributed by atoms with Gasteiger partial charge in [0.25, 0.3) is 5.91 Å². The number of amides is 1. The van der Waals surface area contributed by atoms with Crippen molar-refractivity contribution in [1.29, 1.82) is 0 Å². The van der Waals surface area contributed by atoms with E-state index in [1.165, 1.54) is 0 Å². The summed E-state index contributed by atoms with van der Waals surface area (Å²) in [5.41, 5.74) is 4.16. The van der Waals surface area contributed by atoms with Crippen LogP contribution in [0, 0.1) is 0 Å². The molecule has 1 N–H and O–H groups in total. The van der Waals surface area contributed by atoms with Crippen molar-refractivity contribution in [3.63, 3.8) is 0 Å². The zero-order chi connectivity index (χ0) is 19.5. The first kappa shape index (κ1) is 18.1. The van der Waals surface area contributed by atoms with E-state index in [1.807, 2.05) is 60.7 Å². The Morgan fingerprint density at radius 2 is 1.82 bits per heavy atom. The maximum atomic E-state index is 12.3. The van der Waals surface area contributed by atoms with Crippen LogP contribution in [-0.2, 0) is 11.4 Å². The Morgan fingerprint density at radius 1 is 1.00 bits per heavy atom. The maximum absolute atomic E-state index is 12.3. The van der Waals surface area contributed by atoms with Gasteiger partial charge in [0.2, 0.25) is 0 Å². The Labute approximate surface area is 168 Å². The number of carbonyl (C=O) groups excluding carboxylic acids is 1. The molecular formula is C23H18ClNO3. The second kappa shape index (κ2) is 7.79. The van der Waals surface area contributed by atoms with Crippen LogP contribution in [0.1, 0.15) is 16.7 Å². The van der Waals surface area contributed by atoms with E-state index in [1.54, 1.807) is 19.2 Å². The third-order valence-corrected chi connectivity index (χ3v) is 4.73. The molecule has 0 saturated carbocycles. The highest BCUT2D eigenvalue weighted by Gasteiger charge is 2.23. The Kier molecular flexibility index (Phi) is 5.04. The van der Waals surface area contributed by atoms with E-state index in [2.05, 4.69) is 5.32 Å². The third-order valence-electron chi connectivity index (χ3n) is 4.50. The van der Waals surface area contributed by atoms with Crippen molar-refractivity contribution in [2.24, 2.45) is 0 Å². The summed E-state index contributed by atoms with van der Waals surface area (Å²) in [6, 6.07) is 20.8. The van der Waals surface area contributed by atoms with E-state index in [-0.39, 0.29) is 5.91 Å². The molecule has 5 heteroatoms. The largest absolute Gasteiger partial charge is 0.497 e. The van der Waals surface area contributed by atoms with Gasteiger partial charge in [0.15, 0.2) is 0 Å². The van der Waals surface area contributed by atoms with Gasteiger partial charge in [-0.15, -0.1) is 0 Å². The average Bonchev–Trinajstić information content (AvgIpc) is 3.01. The molecule has 28 heavy (non-hydrogen) atoms. The number of halogens is 1. The van der Waals surface area contributed by atoms with Crippen LogP contribution in [0.4, 0.5) is 5.69 Å². The fourth-order valence-corrected chi connectivity index (χ4v) is 3.24. The standard InChI is InChI=1S/C23H18ClNO3/c1-27-19-4-2-3-16(11-19)14-28-18-8-5-15(6-9-18)12-21-20-10-7-17(24)13-22(20)25-23(21)26/h2-13H,14H2,1H3,(H,25,26)/b21-12+. The summed E-state index contributed by atoms with van der Waals surface area (Å²) in [6.45, 7) is 0.453. The van der Waals surface area contributed by atoms with Gasteiger partial charge in [0.1, 0.15) is 18.1 Å². The molecule has 3 aromatic rings. The van der Waals surface area contributed by atoms with Crippen molar-refractivity contribution in [3.8, 4) is 11.5 Å². The van der Waals surface area contributed by atoms with Crippen LogP contribution in [0.3, 0.4) is 0 Å². The van der Waals surface area contributed by atoms with Gasteiger partial charge in [-0.1, -0.05) is 41.9 Å². The zero-order valence-corrected chi connectivity index (χ0v) is 16.0. The van der Waals surface area contributed by atoms with Gasteiger partial charge in [-0.2, -0.15) is 0 Å². The van der Waals surface area contributed by atoms with Crippen molar-refractivity contribution in [2.75, 3.05) is 12.4 Å². The number of anilines is 1. The normalized spacial score (nSPS) is 13.9. The highest BCUT2D eigenvalue weighted by atomic mass is 35.5. The topological polar surface area (TPSA) is 47.6 Å². The van der Waals surface area contributed by atoms with Gasteiger partial charge in [-0.3, -0.25) is 4.79 Å². The average molecular weight is 392 g/mol. The van der Waals surface area contributed by atoms with Crippen LogP contribution in [0.5, 0.6) is 11.5 Å². The second-order valence-corrected chi connectivity index (χ2v) is 6.85. The fraction of sp³-hybridized carbons (Fsp3) is 0.0870. The SMILES string of the molecule is COc1cccc(COc2ccc(/C=C3/C(=O)Nc4cc(Cl)ccc43)cc2)c1. The Balaban J connectivity index is 1.48. The van der Waals surface area contributed by atoms with Gasteiger partial charge < -0.3 is 14.8 Å². The van der Waals surface area contributed by atoms with Crippen molar-refractivity contribution < 1.29 is 14.3 Å². The van der Waals surface area contributed by atoms with E-state index >= 15 is 0 Å². The van der Waals surface area contributed by atoms with Gasteiger partial charge in [0, 0.05) is 16.2 Å². The summed E-state index contributed by atoms with van der Waals surface area (Å²) in [6.07, 6.45) is 1.86. The monoisotopic (exact) mass is 391 g/mol.